The van der Waals surface area contributed by atoms with Gasteiger partial charge in [0.1, 0.15) is 6.54 Å². The zero-order chi connectivity index (χ0) is 8.10. The van der Waals surface area contributed by atoms with E-state index in [0.717, 1.165) is 0 Å². The van der Waals surface area contributed by atoms with Gasteiger partial charge in [-0.1, -0.05) is 0 Å². The maximum absolute atomic E-state index is 10.9. The van der Waals surface area contributed by atoms with Gasteiger partial charge in [-0.2, -0.15) is 5.26 Å². The molecule has 1 aromatic heterocycles. The summed E-state index contributed by atoms with van der Waals surface area (Å²) in [5, 5.41) is 10.5. The lowest BCUT2D eigenvalue weighted by molar-refractivity contribution is 0.0931. The van der Waals surface area contributed by atoms with Crippen LogP contribution in [0.1, 0.15) is 10.6 Å². The molecule has 0 fully saturated rings. The summed E-state index contributed by atoms with van der Waals surface area (Å²) in [7, 11) is 0. The maximum Gasteiger partial charge on any atom is 0.287 e. The summed E-state index contributed by atoms with van der Waals surface area (Å²) in [6.07, 6.45) is 1.40. The molecule has 0 radical (unpaired) electrons. The molecule has 0 saturated heterocycles. The zero-order valence-corrected chi connectivity index (χ0v) is 5.70. The quantitative estimate of drug-likeness (QED) is 0.625. The van der Waals surface area contributed by atoms with Crippen LogP contribution in [-0.2, 0) is 0 Å². The molecule has 1 amide bonds. The molecule has 0 aliphatic carbocycles. The highest BCUT2D eigenvalue weighted by Gasteiger charge is 2.05. The minimum atomic E-state index is -0.364. The van der Waals surface area contributed by atoms with Crippen LogP contribution in [0, 0.1) is 11.3 Å². The van der Waals surface area contributed by atoms with Crippen molar-refractivity contribution in [1.82, 2.24) is 5.32 Å². The lowest BCUT2D eigenvalue weighted by Gasteiger charge is -1.93. The Morgan fingerprint density at radius 1 is 1.82 bits per heavy atom. The fourth-order valence-corrected chi connectivity index (χ4v) is 0.615. The van der Waals surface area contributed by atoms with Crippen LogP contribution in [0.15, 0.2) is 22.8 Å². The van der Waals surface area contributed by atoms with Gasteiger partial charge >= 0.3 is 0 Å². The molecule has 0 spiro atoms. The Balaban J connectivity index is 2.51. The van der Waals surface area contributed by atoms with Crippen LogP contribution in [0.5, 0.6) is 0 Å². The van der Waals surface area contributed by atoms with Gasteiger partial charge in [-0.05, 0) is 12.1 Å². The van der Waals surface area contributed by atoms with Gasteiger partial charge in [0.25, 0.3) is 5.91 Å². The molecule has 0 unspecified atom stereocenters. The topological polar surface area (TPSA) is 66.0 Å². The Labute approximate surface area is 63.4 Å². The number of nitrogens with zero attached hydrogens (tertiary/aromatic N) is 1. The van der Waals surface area contributed by atoms with Crippen molar-refractivity contribution in [2.75, 3.05) is 6.54 Å². The molecule has 0 bridgehead atoms. The zero-order valence-electron chi connectivity index (χ0n) is 5.70. The summed E-state index contributed by atoms with van der Waals surface area (Å²) in [5.74, 6) is -0.142. The molecule has 0 saturated carbocycles. The van der Waals surface area contributed by atoms with Crippen molar-refractivity contribution in [1.29, 1.82) is 5.26 Å². The Hall–Kier alpha value is -1.76. The molecule has 1 N–H and O–H groups in total. The molecule has 1 rings (SSSR count). The molecule has 1 heterocycles. The highest BCUT2D eigenvalue weighted by Crippen LogP contribution is 1.98. The number of hydrogen-bond donors (Lipinski definition) is 1. The number of amides is 1. The third kappa shape index (κ3) is 1.83. The number of furan rings is 1. The van der Waals surface area contributed by atoms with E-state index < -0.39 is 0 Å². The van der Waals surface area contributed by atoms with E-state index in [-0.39, 0.29) is 18.2 Å². The average molecular weight is 150 g/mol. The van der Waals surface area contributed by atoms with Crippen molar-refractivity contribution < 1.29 is 9.21 Å². The van der Waals surface area contributed by atoms with Crippen LogP contribution >= 0.6 is 0 Å². The summed E-state index contributed by atoms with van der Waals surface area (Å²) in [5.41, 5.74) is 0. The van der Waals surface area contributed by atoms with Gasteiger partial charge in [-0.15, -0.1) is 0 Å². The van der Waals surface area contributed by atoms with Gasteiger partial charge < -0.3 is 9.73 Å². The van der Waals surface area contributed by atoms with E-state index in [1.807, 2.05) is 0 Å². The highest BCUT2D eigenvalue weighted by atomic mass is 16.3. The van der Waals surface area contributed by atoms with E-state index in [0.29, 0.717) is 0 Å². The van der Waals surface area contributed by atoms with E-state index in [4.69, 9.17) is 9.68 Å². The molecule has 1 aromatic rings. The Morgan fingerprint density at radius 2 is 2.64 bits per heavy atom. The third-order valence-electron chi connectivity index (χ3n) is 1.07. The van der Waals surface area contributed by atoms with Gasteiger partial charge in [0.15, 0.2) is 5.76 Å². The number of nitrogens with one attached hydrogen (secondary N) is 1. The van der Waals surface area contributed by atoms with Gasteiger partial charge in [0, 0.05) is 0 Å². The fourth-order valence-electron chi connectivity index (χ4n) is 0.615. The van der Waals surface area contributed by atoms with Crippen molar-refractivity contribution in [2.45, 2.75) is 0 Å². The Bertz CT molecular complexity index is 271. The van der Waals surface area contributed by atoms with Crippen LogP contribution in [0.25, 0.3) is 0 Å². The van der Waals surface area contributed by atoms with Crippen LogP contribution in [0.3, 0.4) is 0 Å². The summed E-state index contributed by atoms with van der Waals surface area (Å²) < 4.78 is 4.77. The third-order valence-corrected chi connectivity index (χ3v) is 1.07. The first-order valence-corrected chi connectivity index (χ1v) is 3.03. The second-order valence-corrected chi connectivity index (χ2v) is 1.82. The summed E-state index contributed by atoms with van der Waals surface area (Å²) in [6, 6.07) is 4.93. The van der Waals surface area contributed by atoms with Gasteiger partial charge in [-0.3, -0.25) is 4.79 Å². The Kier molecular flexibility index (Phi) is 2.28. The average Bonchev–Trinajstić information content (AvgIpc) is 2.52. The van der Waals surface area contributed by atoms with Crippen molar-refractivity contribution >= 4 is 5.91 Å². The number of carbonyl (C=O) groups is 1. The van der Waals surface area contributed by atoms with Crippen molar-refractivity contribution in [2.24, 2.45) is 0 Å². The number of rotatable bonds is 2. The number of hydrogen-bond acceptors (Lipinski definition) is 3. The minimum Gasteiger partial charge on any atom is -0.459 e. The molecular weight excluding hydrogens is 144 g/mol. The predicted molar refractivity (Wildman–Crippen MR) is 36.7 cm³/mol. The second-order valence-electron chi connectivity index (χ2n) is 1.82. The smallest absolute Gasteiger partial charge is 0.287 e. The second kappa shape index (κ2) is 3.42. The van der Waals surface area contributed by atoms with Crippen LogP contribution in [-0.4, -0.2) is 12.5 Å². The number of nitriles is 1. The first-order valence-electron chi connectivity index (χ1n) is 3.03. The minimum absolute atomic E-state index is 0.000463. The number of carbonyl (C=O) groups excluding carboxylic acids is 1. The van der Waals surface area contributed by atoms with E-state index >= 15 is 0 Å². The molecule has 0 aliphatic rings. The van der Waals surface area contributed by atoms with E-state index in [1.54, 1.807) is 12.1 Å². The SMILES string of the molecule is N#CCNC(=O)c1ccco1. The monoisotopic (exact) mass is 150 g/mol. The fraction of sp³-hybridized carbons (Fsp3) is 0.143. The normalized spacial score (nSPS) is 8.64. The molecule has 56 valence electrons. The molecule has 0 atom stereocenters. The van der Waals surface area contributed by atoms with Crippen molar-refractivity contribution in [3.05, 3.63) is 24.2 Å². The lowest BCUT2D eigenvalue weighted by atomic mass is 10.4. The molecule has 11 heavy (non-hydrogen) atoms. The molecule has 0 aliphatic heterocycles. The maximum atomic E-state index is 10.9. The predicted octanol–water partition coefficient (Wildman–Crippen LogP) is 0.533. The van der Waals surface area contributed by atoms with Crippen LogP contribution in [0.2, 0.25) is 0 Å². The largest absolute Gasteiger partial charge is 0.459 e. The first kappa shape index (κ1) is 7.35. The van der Waals surface area contributed by atoms with Gasteiger partial charge in [-0.25, -0.2) is 0 Å². The molecule has 0 aromatic carbocycles. The summed E-state index contributed by atoms with van der Waals surface area (Å²) >= 11 is 0. The van der Waals surface area contributed by atoms with Crippen LogP contribution in [0.4, 0.5) is 0 Å². The summed E-state index contributed by atoms with van der Waals surface area (Å²) in [6.45, 7) is -0.000463. The van der Waals surface area contributed by atoms with Crippen LogP contribution < -0.4 is 5.32 Å². The molecular formula is C7H6N2O2. The standard InChI is InChI=1S/C7H6N2O2/c8-3-4-9-7(10)6-2-1-5-11-6/h1-2,5H,4H2,(H,9,10). The highest BCUT2D eigenvalue weighted by molar-refractivity contribution is 5.91. The Morgan fingerprint density at radius 3 is 3.18 bits per heavy atom. The van der Waals surface area contributed by atoms with E-state index in [2.05, 4.69) is 5.32 Å². The first-order chi connectivity index (χ1) is 5.34. The summed E-state index contributed by atoms with van der Waals surface area (Å²) in [4.78, 5) is 10.9. The van der Waals surface area contributed by atoms with Gasteiger partial charge in [0.2, 0.25) is 0 Å². The van der Waals surface area contributed by atoms with Crippen molar-refractivity contribution in [3.63, 3.8) is 0 Å². The van der Waals surface area contributed by atoms with Crippen molar-refractivity contribution in [3.8, 4) is 6.07 Å². The molecule has 4 heteroatoms. The molecule has 4 nitrogen and oxygen atoms in total. The lowest BCUT2D eigenvalue weighted by Crippen LogP contribution is -2.22. The van der Waals surface area contributed by atoms with E-state index in [9.17, 15) is 4.79 Å². The van der Waals surface area contributed by atoms with E-state index in [1.165, 1.54) is 12.3 Å². The van der Waals surface area contributed by atoms with Gasteiger partial charge in [0.05, 0.1) is 12.3 Å².